The fourth-order valence-corrected chi connectivity index (χ4v) is 2.87. The van der Waals surface area contributed by atoms with Crippen LogP contribution in [0.2, 0.25) is 0 Å². The molecular formula is C16H24N2O2. The number of anilines is 1. The minimum absolute atomic E-state index is 0.0335. The first-order valence-electron chi connectivity index (χ1n) is 7.50. The molecule has 110 valence electrons. The number of rotatable bonds is 4. The number of carbonyl (C=O) groups excluding carboxylic acids is 1. The summed E-state index contributed by atoms with van der Waals surface area (Å²) in [5.41, 5.74) is 3.28. The van der Waals surface area contributed by atoms with Gasteiger partial charge in [-0.25, -0.2) is 4.79 Å². The van der Waals surface area contributed by atoms with E-state index in [4.69, 9.17) is 0 Å². The zero-order valence-electron chi connectivity index (χ0n) is 12.4. The van der Waals surface area contributed by atoms with Crippen molar-refractivity contribution in [3.8, 4) is 0 Å². The Morgan fingerprint density at radius 1 is 1.35 bits per heavy atom. The van der Waals surface area contributed by atoms with Gasteiger partial charge in [-0.05, 0) is 36.8 Å². The molecule has 1 heterocycles. The molecule has 1 unspecified atom stereocenters. The van der Waals surface area contributed by atoms with Gasteiger partial charge >= 0.3 is 6.03 Å². The molecule has 0 aromatic heterocycles. The number of likely N-dealkylation sites (tertiary alicyclic amines) is 1. The van der Waals surface area contributed by atoms with E-state index in [-0.39, 0.29) is 18.7 Å². The second-order valence-corrected chi connectivity index (χ2v) is 5.26. The zero-order chi connectivity index (χ0) is 14.5. The van der Waals surface area contributed by atoms with E-state index >= 15 is 0 Å². The first-order chi connectivity index (χ1) is 9.71. The molecule has 4 nitrogen and oxygen atoms in total. The van der Waals surface area contributed by atoms with Gasteiger partial charge in [0.05, 0.1) is 12.6 Å². The Balaban J connectivity index is 2.19. The van der Waals surface area contributed by atoms with Crippen LogP contribution in [-0.2, 0) is 12.8 Å². The number of amides is 2. The lowest BCUT2D eigenvalue weighted by molar-refractivity contribution is 0.166. The van der Waals surface area contributed by atoms with Crippen molar-refractivity contribution >= 4 is 11.7 Å². The Morgan fingerprint density at radius 2 is 2.00 bits per heavy atom. The SMILES string of the molecule is CCc1cccc(CC)c1NC(=O)N1CCCC1CO. The predicted octanol–water partition coefficient (Wildman–Crippen LogP) is 2.80. The summed E-state index contributed by atoms with van der Waals surface area (Å²) >= 11 is 0. The number of para-hydroxylation sites is 1. The molecule has 0 radical (unpaired) electrons. The van der Waals surface area contributed by atoms with Crippen LogP contribution in [0.4, 0.5) is 10.5 Å². The van der Waals surface area contributed by atoms with Crippen molar-refractivity contribution in [1.82, 2.24) is 4.90 Å². The van der Waals surface area contributed by atoms with Crippen molar-refractivity contribution in [1.29, 1.82) is 0 Å². The van der Waals surface area contributed by atoms with Crippen LogP contribution in [0.15, 0.2) is 18.2 Å². The number of nitrogens with zero attached hydrogens (tertiary/aromatic N) is 1. The maximum absolute atomic E-state index is 12.4. The van der Waals surface area contributed by atoms with E-state index in [0.717, 1.165) is 49.0 Å². The van der Waals surface area contributed by atoms with Gasteiger partial charge in [-0.2, -0.15) is 0 Å². The molecule has 1 saturated heterocycles. The third-order valence-electron chi connectivity index (χ3n) is 4.08. The van der Waals surface area contributed by atoms with Crippen LogP contribution >= 0.6 is 0 Å². The molecule has 0 saturated carbocycles. The summed E-state index contributed by atoms with van der Waals surface area (Å²) in [7, 11) is 0. The number of hydrogen-bond acceptors (Lipinski definition) is 2. The lowest BCUT2D eigenvalue weighted by Gasteiger charge is -2.25. The van der Waals surface area contributed by atoms with Crippen LogP contribution in [0.25, 0.3) is 0 Å². The third-order valence-corrected chi connectivity index (χ3v) is 4.08. The molecule has 1 fully saturated rings. The van der Waals surface area contributed by atoms with Crippen molar-refractivity contribution in [3.63, 3.8) is 0 Å². The number of urea groups is 1. The first-order valence-corrected chi connectivity index (χ1v) is 7.50. The van der Waals surface area contributed by atoms with Gasteiger partial charge in [0.2, 0.25) is 0 Å². The highest BCUT2D eigenvalue weighted by Crippen LogP contribution is 2.24. The lowest BCUT2D eigenvalue weighted by Crippen LogP contribution is -2.40. The molecule has 2 rings (SSSR count). The van der Waals surface area contributed by atoms with Gasteiger partial charge < -0.3 is 15.3 Å². The summed E-state index contributed by atoms with van der Waals surface area (Å²) in [6.45, 7) is 4.96. The predicted molar refractivity (Wildman–Crippen MR) is 81.0 cm³/mol. The maximum atomic E-state index is 12.4. The molecule has 1 aliphatic rings. The fraction of sp³-hybridized carbons (Fsp3) is 0.562. The number of carbonyl (C=O) groups is 1. The summed E-state index contributed by atoms with van der Waals surface area (Å²) in [6, 6.07) is 6.04. The zero-order valence-corrected chi connectivity index (χ0v) is 12.4. The van der Waals surface area contributed by atoms with Gasteiger partial charge in [0.25, 0.3) is 0 Å². The Hall–Kier alpha value is -1.55. The van der Waals surface area contributed by atoms with Crippen molar-refractivity contribution < 1.29 is 9.90 Å². The van der Waals surface area contributed by atoms with Crippen molar-refractivity contribution in [2.24, 2.45) is 0 Å². The number of aliphatic hydroxyl groups excluding tert-OH is 1. The minimum Gasteiger partial charge on any atom is -0.394 e. The fourth-order valence-electron chi connectivity index (χ4n) is 2.87. The standard InChI is InChI=1S/C16H24N2O2/c1-3-12-7-5-8-13(4-2)15(12)17-16(20)18-10-6-9-14(18)11-19/h5,7-8,14,19H,3-4,6,9-11H2,1-2H3,(H,17,20). The summed E-state index contributed by atoms with van der Waals surface area (Å²) in [5.74, 6) is 0. The van der Waals surface area contributed by atoms with E-state index in [1.54, 1.807) is 4.90 Å². The van der Waals surface area contributed by atoms with Crippen LogP contribution < -0.4 is 5.32 Å². The molecule has 1 aromatic carbocycles. The maximum Gasteiger partial charge on any atom is 0.322 e. The molecule has 4 heteroatoms. The smallest absolute Gasteiger partial charge is 0.322 e. The molecular weight excluding hydrogens is 252 g/mol. The van der Waals surface area contributed by atoms with Crippen molar-refractivity contribution in [3.05, 3.63) is 29.3 Å². The van der Waals surface area contributed by atoms with E-state index < -0.39 is 0 Å². The topological polar surface area (TPSA) is 52.6 Å². The number of aliphatic hydroxyl groups is 1. The lowest BCUT2D eigenvalue weighted by atomic mass is 10.0. The number of aryl methyl sites for hydroxylation is 2. The largest absolute Gasteiger partial charge is 0.394 e. The van der Waals surface area contributed by atoms with Gasteiger partial charge in [0.1, 0.15) is 0 Å². The van der Waals surface area contributed by atoms with Crippen LogP contribution in [0.5, 0.6) is 0 Å². The summed E-state index contributed by atoms with van der Waals surface area (Å²) in [5, 5.41) is 12.4. The van der Waals surface area contributed by atoms with Gasteiger partial charge in [0.15, 0.2) is 0 Å². The molecule has 0 bridgehead atoms. The summed E-state index contributed by atoms with van der Waals surface area (Å²) in [4.78, 5) is 14.2. The average molecular weight is 276 g/mol. The van der Waals surface area contributed by atoms with Gasteiger partial charge in [-0.15, -0.1) is 0 Å². The second kappa shape index (κ2) is 6.75. The number of benzene rings is 1. The van der Waals surface area contributed by atoms with E-state index in [1.807, 2.05) is 6.07 Å². The molecule has 20 heavy (non-hydrogen) atoms. The van der Waals surface area contributed by atoms with Gasteiger partial charge in [-0.1, -0.05) is 32.0 Å². The van der Waals surface area contributed by atoms with Crippen LogP contribution in [0, 0.1) is 0 Å². The number of nitrogens with one attached hydrogen (secondary N) is 1. The van der Waals surface area contributed by atoms with Crippen molar-refractivity contribution in [2.75, 3.05) is 18.5 Å². The highest BCUT2D eigenvalue weighted by molar-refractivity contribution is 5.91. The quantitative estimate of drug-likeness (QED) is 0.888. The van der Waals surface area contributed by atoms with E-state index in [2.05, 4.69) is 31.3 Å². The molecule has 1 aromatic rings. The molecule has 1 aliphatic heterocycles. The summed E-state index contributed by atoms with van der Waals surface area (Å²) < 4.78 is 0. The molecule has 0 spiro atoms. The molecule has 2 amide bonds. The summed E-state index contributed by atoms with van der Waals surface area (Å²) in [6.07, 6.45) is 3.65. The monoisotopic (exact) mass is 276 g/mol. The van der Waals surface area contributed by atoms with Crippen molar-refractivity contribution in [2.45, 2.75) is 45.6 Å². The third kappa shape index (κ3) is 2.96. The average Bonchev–Trinajstić information content (AvgIpc) is 2.95. The van der Waals surface area contributed by atoms with Crippen LogP contribution in [0.3, 0.4) is 0 Å². The highest BCUT2D eigenvalue weighted by Gasteiger charge is 2.28. The van der Waals surface area contributed by atoms with E-state index in [0.29, 0.717) is 0 Å². The van der Waals surface area contributed by atoms with Crippen LogP contribution in [-0.4, -0.2) is 35.2 Å². The Morgan fingerprint density at radius 3 is 2.55 bits per heavy atom. The minimum atomic E-state index is -0.0860. The Kier molecular flexibility index (Phi) is 5.01. The van der Waals surface area contributed by atoms with E-state index in [9.17, 15) is 9.90 Å². The Labute approximate surface area is 120 Å². The van der Waals surface area contributed by atoms with Gasteiger partial charge in [-0.3, -0.25) is 0 Å². The molecule has 1 atom stereocenters. The van der Waals surface area contributed by atoms with Crippen LogP contribution in [0.1, 0.15) is 37.8 Å². The highest BCUT2D eigenvalue weighted by atomic mass is 16.3. The molecule has 2 N–H and O–H groups in total. The number of hydrogen-bond donors (Lipinski definition) is 2. The van der Waals surface area contributed by atoms with Gasteiger partial charge in [0, 0.05) is 12.2 Å². The van der Waals surface area contributed by atoms with E-state index in [1.165, 1.54) is 0 Å². The molecule has 0 aliphatic carbocycles. The second-order valence-electron chi connectivity index (χ2n) is 5.26. The first kappa shape index (κ1) is 14.9. The normalized spacial score (nSPS) is 18.4. The Bertz CT molecular complexity index is 451.